The fraction of sp³-hybridized carbons (Fsp3) is 0.867. The van der Waals surface area contributed by atoms with E-state index in [-0.39, 0.29) is 29.2 Å². The molecule has 4 nitrogen and oxygen atoms in total. The maximum Gasteiger partial charge on any atom is 0.308 e. The van der Waals surface area contributed by atoms with E-state index in [1.54, 1.807) is 0 Å². The smallest absolute Gasteiger partial charge is 0.308 e. The highest BCUT2D eigenvalue weighted by molar-refractivity contribution is 5.76. The Morgan fingerprint density at radius 3 is 1.84 bits per heavy atom. The highest BCUT2D eigenvalue weighted by Crippen LogP contribution is 2.31. The van der Waals surface area contributed by atoms with Crippen LogP contribution in [0.5, 0.6) is 0 Å². The van der Waals surface area contributed by atoms with Gasteiger partial charge in [-0.1, -0.05) is 34.1 Å². The molecule has 112 valence electrons. The van der Waals surface area contributed by atoms with Crippen molar-refractivity contribution in [3.63, 3.8) is 0 Å². The average molecular weight is 272 g/mol. The maximum atomic E-state index is 11.9. The first-order chi connectivity index (χ1) is 8.75. The number of rotatable bonds is 7. The molecule has 0 saturated heterocycles. The lowest BCUT2D eigenvalue weighted by molar-refractivity contribution is -0.150. The van der Waals surface area contributed by atoms with Gasteiger partial charge in [0.2, 0.25) is 0 Å². The van der Waals surface area contributed by atoms with E-state index in [4.69, 9.17) is 9.47 Å². The summed E-state index contributed by atoms with van der Waals surface area (Å²) in [6.07, 6.45) is 2.84. The summed E-state index contributed by atoms with van der Waals surface area (Å²) < 4.78 is 9.68. The summed E-state index contributed by atoms with van der Waals surface area (Å²) in [5, 5.41) is 0. The van der Waals surface area contributed by atoms with Gasteiger partial charge in [0.05, 0.1) is 26.1 Å². The van der Waals surface area contributed by atoms with Gasteiger partial charge >= 0.3 is 11.9 Å². The molecule has 0 aliphatic carbocycles. The van der Waals surface area contributed by atoms with Crippen LogP contribution in [0.1, 0.15) is 53.4 Å². The Bertz CT molecular complexity index is 291. The minimum Gasteiger partial charge on any atom is -0.469 e. The van der Waals surface area contributed by atoms with Crippen LogP contribution in [0, 0.1) is 17.3 Å². The Morgan fingerprint density at radius 2 is 1.47 bits per heavy atom. The van der Waals surface area contributed by atoms with Gasteiger partial charge in [-0.3, -0.25) is 9.59 Å². The predicted octanol–water partition coefficient (Wildman–Crippen LogP) is 3.19. The van der Waals surface area contributed by atoms with Crippen LogP contribution in [0.3, 0.4) is 0 Å². The van der Waals surface area contributed by atoms with Crippen molar-refractivity contribution in [1.82, 2.24) is 0 Å². The van der Waals surface area contributed by atoms with Gasteiger partial charge in [0.15, 0.2) is 0 Å². The van der Waals surface area contributed by atoms with Gasteiger partial charge in [-0.15, -0.1) is 0 Å². The highest BCUT2D eigenvalue weighted by Gasteiger charge is 2.31. The van der Waals surface area contributed by atoms with Crippen molar-refractivity contribution in [3.8, 4) is 0 Å². The van der Waals surface area contributed by atoms with E-state index in [0.717, 1.165) is 12.8 Å². The van der Waals surface area contributed by atoms with E-state index >= 15 is 0 Å². The molecule has 0 aromatic heterocycles. The molecule has 0 amide bonds. The second-order valence-electron chi connectivity index (χ2n) is 6.23. The third-order valence-corrected chi connectivity index (χ3v) is 3.13. The standard InChI is InChI=1S/C15H28O4/c1-7-8-11(13(16)18-5)9-12(14(17)19-6)10-15(2,3)4/h11-12H,7-10H2,1-6H3/t11-,12+/m1/s1. The number of carbonyl (C=O) groups excluding carboxylic acids is 2. The number of carbonyl (C=O) groups is 2. The summed E-state index contributed by atoms with van der Waals surface area (Å²) in [7, 11) is 2.78. The average Bonchev–Trinajstić information content (AvgIpc) is 2.33. The zero-order chi connectivity index (χ0) is 15.1. The molecule has 0 spiro atoms. The van der Waals surface area contributed by atoms with E-state index in [9.17, 15) is 9.59 Å². The van der Waals surface area contributed by atoms with Crippen LogP contribution in [-0.4, -0.2) is 26.2 Å². The quantitative estimate of drug-likeness (QED) is 0.668. The summed E-state index contributed by atoms with van der Waals surface area (Å²) in [5.41, 5.74) is 0.0196. The molecule has 0 N–H and O–H groups in total. The van der Waals surface area contributed by atoms with Gasteiger partial charge in [0.1, 0.15) is 0 Å². The molecule has 0 aromatic rings. The molecule has 0 radical (unpaired) electrons. The van der Waals surface area contributed by atoms with E-state index in [0.29, 0.717) is 12.8 Å². The zero-order valence-electron chi connectivity index (χ0n) is 13.1. The van der Waals surface area contributed by atoms with Crippen LogP contribution in [0.2, 0.25) is 0 Å². The molecule has 0 saturated carbocycles. The normalized spacial score (nSPS) is 14.6. The summed E-state index contributed by atoms with van der Waals surface area (Å²) in [5.74, 6) is -0.938. The molecule has 0 fully saturated rings. The monoisotopic (exact) mass is 272 g/mol. The molecule has 0 unspecified atom stereocenters. The summed E-state index contributed by atoms with van der Waals surface area (Å²) in [6.45, 7) is 8.26. The molecular formula is C15H28O4. The van der Waals surface area contributed by atoms with E-state index in [2.05, 4.69) is 20.8 Å². The third-order valence-electron chi connectivity index (χ3n) is 3.13. The van der Waals surface area contributed by atoms with Crippen molar-refractivity contribution in [1.29, 1.82) is 0 Å². The molecule has 19 heavy (non-hydrogen) atoms. The minimum absolute atomic E-state index is 0.0196. The van der Waals surface area contributed by atoms with Crippen molar-refractivity contribution < 1.29 is 19.1 Å². The van der Waals surface area contributed by atoms with Crippen molar-refractivity contribution in [3.05, 3.63) is 0 Å². The number of hydrogen-bond acceptors (Lipinski definition) is 4. The van der Waals surface area contributed by atoms with Crippen LogP contribution in [0.15, 0.2) is 0 Å². The van der Waals surface area contributed by atoms with Crippen molar-refractivity contribution >= 4 is 11.9 Å². The fourth-order valence-electron chi connectivity index (χ4n) is 2.36. The van der Waals surface area contributed by atoms with Crippen LogP contribution < -0.4 is 0 Å². The lowest BCUT2D eigenvalue weighted by atomic mass is 9.80. The molecule has 0 heterocycles. The lowest BCUT2D eigenvalue weighted by Gasteiger charge is -2.26. The predicted molar refractivity (Wildman–Crippen MR) is 74.6 cm³/mol. The summed E-state index contributed by atoms with van der Waals surface area (Å²) in [4.78, 5) is 23.6. The number of ether oxygens (including phenoxy) is 2. The Labute approximate surface area is 116 Å². The topological polar surface area (TPSA) is 52.6 Å². The van der Waals surface area contributed by atoms with Crippen LogP contribution in [-0.2, 0) is 19.1 Å². The highest BCUT2D eigenvalue weighted by atomic mass is 16.5. The number of methoxy groups -OCH3 is 2. The van der Waals surface area contributed by atoms with Crippen LogP contribution >= 0.6 is 0 Å². The van der Waals surface area contributed by atoms with Gasteiger partial charge in [-0.25, -0.2) is 0 Å². The zero-order valence-corrected chi connectivity index (χ0v) is 13.1. The minimum atomic E-state index is -0.249. The van der Waals surface area contributed by atoms with Gasteiger partial charge in [0, 0.05) is 0 Å². The summed E-state index contributed by atoms with van der Waals surface area (Å²) >= 11 is 0. The second-order valence-corrected chi connectivity index (χ2v) is 6.23. The molecule has 0 aromatic carbocycles. The van der Waals surface area contributed by atoms with Crippen LogP contribution in [0.25, 0.3) is 0 Å². The SMILES string of the molecule is CCC[C@H](C[C@@H](CC(C)(C)C)C(=O)OC)C(=O)OC. The van der Waals surface area contributed by atoms with Crippen molar-refractivity contribution in [2.24, 2.45) is 17.3 Å². The molecule has 0 bridgehead atoms. The van der Waals surface area contributed by atoms with Crippen molar-refractivity contribution in [2.45, 2.75) is 53.4 Å². The molecular weight excluding hydrogens is 244 g/mol. The lowest BCUT2D eigenvalue weighted by Crippen LogP contribution is -2.28. The van der Waals surface area contributed by atoms with E-state index < -0.39 is 0 Å². The summed E-state index contributed by atoms with van der Waals surface area (Å²) in [6, 6.07) is 0. The molecule has 0 aliphatic heterocycles. The van der Waals surface area contributed by atoms with Gasteiger partial charge < -0.3 is 9.47 Å². The molecule has 4 heteroatoms. The largest absolute Gasteiger partial charge is 0.469 e. The van der Waals surface area contributed by atoms with Gasteiger partial charge in [-0.2, -0.15) is 0 Å². The third kappa shape index (κ3) is 7.19. The Hall–Kier alpha value is -1.06. The Morgan fingerprint density at radius 1 is 1.00 bits per heavy atom. The van der Waals surface area contributed by atoms with Gasteiger partial charge in [0.25, 0.3) is 0 Å². The van der Waals surface area contributed by atoms with E-state index in [1.807, 2.05) is 6.92 Å². The van der Waals surface area contributed by atoms with Crippen LogP contribution in [0.4, 0.5) is 0 Å². The van der Waals surface area contributed by atoms with E-state index in [1.165, 1.54) is 14.2 Å². The second kappa shape index (κ2) is 8.18. The Balaban J connectivity index is 4.84. The first-order valence-corrected chi connectivity index (χ1v) is 6.90. The molecule has 0 aliphatic rings. The number of hydrogen-bond donors (Lipinski definition) is 0. The Kier molecular flexibility index (Phi) is 7.72. The first-order valence-electron chi connectivity index (χ1n) is 6.90. The van der Waals surface area contributed by atoms with Crippen molar-refractivity contribution in [2.75, 3.05) is 14.2 Å². The number of esters is 2. The molecule has 2 atom stereocenters. The first kappa shape index (κ1) is 17.9. The maximum absolute atomic E-state index is 11.9. The van der Waals surface area contributed by atoms with Gasteiger partial charge in [-0.05, 0) is 24.7 Å². The fourth-order valence-corrected chi connectivity index (χ4v) is 2.36. The molecule has 0 rings (SSSR count).